The van der Waals surface area contributed by atoms with Gasteiger partial charge in [-0.25, -0.2) is 0 Å². The summed E-state index contributed by atoms with van der Waals surface area (Å²) in [6, 6.07) is 16.8. The Kier molecular flexibility index (Phi) is 6.32. The Hall–Kier alpha value is -2.17. The van der Waals surface area contributed by atoms with Crippen LogP contribution in [0.1, 0.15) is 22.3 Å². The Morgan fingerprint density at radius 1 is 0.957 bits per heavy atom. The average molecular weight is 314 g/mol. The maximum absolute atomic E-state index is 11.0. The summed E-state index contributed by atoms with van der Waals surface area (Å²) in [5, 5.41) is 19.5. The zero-order valence-corrected chi connectivity index (χ0v) is 13.0. The first-order valence-corrected chi connectivity index (χ1v) is 7.66. The van der Waals surface area contributed by atoms with Crippen LogP contribution in [-0.2, 0) is 6.42 Å². The van der Waals surface area contributed by atoms with Gasteiger partial charge in [-0.2, -0.15) is 0 Å². The molecule has 0 unspecified atom stereocenters. The lowest BCUT2D eigenvalue weighted by Gasteiger charge is -2.30. The summed E-state index contributed by atoms with van der Waals surface area (Å²) in [5.41, 5.74) is 0.912. The molecule has 0 saturated heterocycles. The lowest BCUT2D eigenvalue weighted by atomic mass is 9.80. The molecule has 2 aromatic rings. The van der Waals surface area contributed by atoms with Crippen molar-refractivity contribution in [1.29, 1.82) is 0 Å². The summed E-state index contributed by atoms with van der Waals surface area (Å²) in [6.45, 7) is 0.0625. The topological polar surface area (TPSA) is 66.8 Å². The molecule has 2 N–H and O–H groups in total. The van der Waals surface area contributed by atoms with Crippen molar-refractivity contribution in [1.82, 2.24) is 0 Å². The maximum atomic E-state index is 11.0. The molecule has 0 bridgehead atoms. The highest BCUT2D eigenvalue weighted by Crippen LogP contribution is 2.27. The molecular weight excluding hydrogens is 292 g/mol. The third-order valence-corrected chi connectivity index (χ3v) is 4.03. The highest BCUT2D eigenvalue weighted by molar-refractivity contribution is 5.79. The summed E-state index contributed by atoms with van der Waals surface area (Å²) in [7, 11) is 0. The van der Waals surface area contributed by atoms with Crippen molar-refractivity contribution in [2.75, 3.05) is 19.8 Å². The van der Waals surface area contributed by atoms with Crippen LogP contribution in [0, 0.1) is 5.41 Å². The fourth-order valence-electron chi connectivity index (χ4n) is 2.52. The molecule has 0 atom stereocenters. The lowest BCUT2D eigenvalue weighted by Crippen LogP contribution is -2.34. The maximum Gasteiger partial charge on any atom is 0.153 e. The summed E-state index contributed by atoms with van der Waals surface area (Å²) in [6.07, 6.45) is 1.81. The Labute approximate surface area is 136 Å². The molecule has 0 aliphatic heterocycles. The first-order chi connectivity index (χ1) is 11.2. The van der Waals surface area contributed by atoms with Crippen molar-refractivity contribution in [3.63, 3.8) is 0 Å². The highest BCUT2D eigenvalue weighted by Gasteiger charge is 2.29. The number of aliphatic hydroxyl groups is 2. The predicted octanol–water partition coefficient (Wildman–Crippen LogP) is 2.48. The highest BCUT2D eigenvalue weighted by atomic mass is 16.5. The first kappa shape index (κ1) is 17.2. The molecular formula is C19H22O4. The fourth-order valence-corrected chi connectivity index (χ4v) is 2.52. The van der Waals surface area contributed by atoms with E-state index in [0.29, 0.717) is 30.8 Å². The van der Waals surface area contributed by atoms with Gasteiger partial charge in [0.15, 0.2) is 6.29 Å². The molecule has 2 aromatic carbocycles. The van der Waals surface area contributed by atoms with Crippen LogP contribution in [0.4, 0.5) is 0 Å². The molecule has 23 heavy (non-hydrogen) atoms. The number of aliphatic hydroxyl groups excluding tert-OH is 2. The van der Waals surface area contributed by atoms with Crippen molar-refractivity contribution in [3.8, 4) is 5.75 Å². The monoisotopic (exact) mass is 314 g/mol. The van der Waals surface area contributed by atoms with Crippen LogP contribution in [0.2, 0.25) is 0 Å². The van der Waals surface area contributed by atoms with Gasteiger partial charge in [-0.05, 0) is 30.5 Å². The van der Waals surface area contributed by atoms with E-state index in [0.717, 1.165) is 11.8 Å². The van der Waals surface area contributed by atoms with Gasteiger partial charge in [0.25, 0.3) is 0 Å². The van der Waals surface area contributed by atoms with Crippen LogP contribution < -0.4 is 4.74 Å². The fraction of sp³-hybridized carbons (Fsp3) is 0.316. The van der Waals surface area contributed by atoms with Crippen molar-refractivity contribution in [3.05, 3.63) is 65.7 Å². The molecule has 0 aliphatic rings. The molecule has 4 nitrogen and oxygen atoms in total. The van der Waals surface area contributed by atoms with E-state index in [1.54, 1.807) is 24.3 Å². The van der Waals surface area contributed by atoms with E-state index in [2.05, 4.69) is 0 Å². The van der Waals surface area contributed by atoms with E-state index in [4.69, 9.17) is 4.74 Å². The lowest BCUT2D eigenvalue weighted by molar-refractivity contribution is 0.0356. The minimum absolute atomic E-state index is 0.128. The third kappa shape index (κ3) is 4.65. The second kappa shape index (κ2) is 8.46. The largest absolute Gasteiger partial charge is 0.493 e. The van der Waals surface area contributed by atoms with Gasteiger partial charge in [0, 0.05) is 5.41 Å². The van der Waals surface area contributed by atoms with Gasteiger partial charge in [0.2, 0.25) is 0 Å². The van der Waals surface area contributed by atoms with Gasteiger partial charge in [0.05, 0.1) is 25.4 Å². The van der Waals surface area contributed by atoms with Crippen molar-refractivity contribution in [2.45, 2.75) is 12.8 Å². The summed E-state index contributed by atoms with van der Waals surface area (Å²) in [5.74, 6) is 0.520. The Balaban J connectivity index is 2.00. The van der Waals surface area contributed by atoms with E-state index in [9.17, 15) is 15.0 Å². The van der Waals surface area contributed by atoms with Crippen LogP contribution in [0.5, 0.6) is 5.75 Å². The minimum atomic E-state index is -0.641. The Morgan fingerprint density at radius 2 is 1.61 bits per heavy atom. The molecule has 2 rings (SSSR count). The molecule has 4 heteroatoms. The van der Waals surface area contributed by atoms with Gasteiger partial charge in [-0.1, -0.05) is 42.5 Å². The van der Waals surface area contributed by atoms with Crippen LogP contribution in [0.3, 0.4) is 0 Å². The molecule has 0 fully saturated rings. The van der Waals surface area contributed by atoms with Crippen LogP contribution in [0.25, 0.3) is 0 Å². The van der Waals surface area contributed by atoms with Crippen LogP contribution >= 0.6 is 0 Å². The smallest absolute Gasteiger partial charge is 0.153 e. The number of benzene rings is 2. The van der Waals surface area contributed by atoms with Gasteiger partial charge < -0.3 is 14.9 Å². The van der Waals surface area contributed by atoms with E-state index >= 15 is 0 Å². The zero-order valence-electron chi connectivity index (χ0n) is 13.0. The SMILES string of the molecule is O=Cc1ccccc1OCCC(CO)(CO)Cc1ccccc1. The summed E-state index contributed by atoms with van der Waals surface area (Å²) < 4.78 is 5.67. The van der Waals surface area contributed by atoms with E-state index in [1.807, 2.05) is 30.3 Å². The quantitative estimate of drug-likeness (QED) is 0.698. The van der Waals surface area contributed by atoms with Gasteiger partial charge in [-0.15, -0.1) is 0 Å². The predicted molar refractivity (Wildman–Crippen MR) is 88.7 cm³/mol. The van der Waals surface area contributed by atoms with E-state index < -0.39 is 5.41 Å². The number of hydrogen-bond acceptors (Lipinski definition) is 4. The van der Waals surface area contributed by atoms with Crippen molar-refractivity contribution in [2.24, 2.45) is 5.41 Å². The first-order valence-electron chi connectivity index (χ1n) is 7.66. The van der Waals surface area contributed by atoms with E-state index in [1.165, 1.54) is 0 Å². The summed E-state index contributed by atoms with van der Waals surface area (Å²) >= 11 is 0. The molecule has 122 valence electrons. The molecule has 0 aliphatic carbocycles. The van der Waals surface area contributed by atoms with Crippen molar-refractivity contribution < 1.29 is 19.7 Å². The average Bonchev–Trinajstić information content (AvgIpc) is 2.62. The van der Waals surface area contributed by atoms with E-state index in [-0.39, 0.29) is 13.2 Å². The normalized spacial score (nSPS) is 11.2. The summed E-state index contributed by atoms with van der Waals surface area (Å²) in [4.78, 5) is 11.0. The molecule has 0 saturated carbocycles. The second-order valence-electron chi connectivity index (χ2n) is 5.73. The van der Waals surface area contributed by atoms with Crippen molar-refractivity contribution >= 4 is 6.29 Å². The zero-order chi connectivity index (χ0) is 16.5. The Bertz CT molecular complexity index is 606. The standard InChI is InChI=1S/C19H22O4/c20-13-17-8-4-5-9-18(17)23-11-10-19(14-21,15-22)12-16-6-2-1-3-7-16/h1-9,13,21-22H,10-12,14-15H2. The van der Waals surface area contributed by atoms with Crippen LogP contribution in [0.15, 0.2) is 54.6 Å². The van der Waals surface area contributed by atoms with Gasteiger partial charge in [0.1, 0.15) is 5.75 Å². The van der Waals surface area contributed by atoms with Gasteiger partial charge >= 0.3 is 0 Å². The van der Waals surface area contributed by atoms with Gasteiger partial charge in [-0.3, -0.25) is 4.79 Å². The second-order valence-corrected chi connectivity index (χ2v) is 5.73. The number of hydrogen-bond donors (Lipinski definition) is 2. The number of ether oxygens (including phenoxy) is 1. The molecule has 0 spiro atoms. The third-order valence-electron chi connectivity index (χ3n) is 4.03. The molecule has 0 radical (unpaired) electrons. The van der Waals surface area contributed by atoms with Crippen LogP contribution in [-0.4, -0.2) is 36.3 Å². The molecule has 0 aromatic heterocycles. The molecule has 0 heterocycles. The number of carbonyl (C=O) groups is 1. The number of carbonyl (C=O) groups excluding carboxylic acids is 1. The number of para-hydroxylation sites is 1. The molecule has 0 amide bonds. The number of aldehydes is 1. The number of rotatable bonds is 9. The minimum Gasteiger partial charge on any atom is -0.493 e. The Morgan fingerprint density at radius 3 is 2.26 bits per heavy atom.